The molecule has 0 amide bonds. The molecule has 6 nitrogen and oxygen atoms in total. The van der Waals surface area contributed by atoms with Gasteiger partial charge in [0, 0.05) is 5.56 Å². The lowest BCUT2D eigenvalue weighted by Crippen LogP contribution is -2.42. The Morgan fingerprint density at radius 2 is 2.06 bits per heavy atom. The summed E-state index contributed by atoms with van der Waals surface area (Å²) in [6, 6.07) is 8.65. The summed E-state index contributed by atoms with van der Waals surface area (Å²) in [7, 11) is 0. The maximum atomic E-state index is 11.0. The van der Waals surface area contributed by atoms with Crippen LogP contribution in [0.15, 0.2) is 35.4 Å². The van der Waals surface area contributed by atoms with Crippen molar-refractivity contribution in [2.45, 2.75) is 13.1 Å². The molecule has 1 atom stereocenters. The van der Waals surface area contributed by atoms with E-state index < -0.39 is 5.97 Å². The number of benzene rings is 1. The van der Waals surface area contributed by atoms with E-state index in [1.807, 2.05) is 0 Å². The summed E-state index contributed by atoms with van der Waals surface area (Å²) in [5, 5.41) is 12.8. The third kappa shape index (κ3) is 3.34. The number of carbonyl (C=O) groups is 1. The molecule has 1 unspecified atom stereocenters. The van der Waals surface area contributed by atoms with Crippen molar-refractivity contribution in [3.05, 3.63) is 35.9 Å². The van der Waals surface area contributed by atoms with Crippen molar-refractivity contribution in [3.8, 4) is 0 Å². The van der Waals surface area contributed by atoms with Crippen molar-refractivity contribution < 1.29 is 9.90 Å². The van der Waals surface area contributed by atoms with Crippen LogP contribution in [-0.2, 0) is 4.79 Å². The third-order valence-electron chi connectivity index (χ3n) is 1.87. The van der Waals surface area contributed by atoms with Gasteiger partial charge in [-0.1, -0.05) is 30.3 Å². The molecule has 0 bridgehead atoms. The first-order chi connectivity index (χ1) is 7.65. The maximum absolute atomic E-state index is 11.0. The predicted molar refractivity (Wildman–Crippen MR) is 60.5 cm³/mol. The minimum atomic E-state index is -1.09. The van der Waals surface area contributed by atoms with Crippen molar-refractivity contribution in [3.63, 3.8) is 0 Å². The van der Waals surface area contributed by atoms with E-state index in [0.29, 0.717) is 5.56 Å². The fourth-order valence-corrected chi connectivity index (χ4v) is 1.03. The zero-order valence-electron chi connectivity index (χ0n) is 8.84. The second-order valence-corrected chi connectivity index (χ2v) is 3.15. The van der Waals surface area contributed by atoms with E-state index >= 15 is 0 Å². The fourth-order valence-electron chi connectivity index (χ4n) is 1.03. The summed E-state index contributed by atoms with van der Waals surface area (Å²) in [4.78, 5) is 11.0. The maximum Gasteiger partial charge on any atom is 0.356 e. The Labute approximate surface area is 93.1 Å². The zero-order valence-corrected chi connectivity index (χ0v) is 8.84. The molecule has 0 aromatic heterocycles. The largest absolute Gasteiger partial charge is 0.476 e. The zero-order chi connectivity index (χ0) is 12.0. The molecule has 5 N–H and O–H groups in total. The van der Waals surface area contributed by atoms with Crippen LogP contribution in [0.5, 0.6) is 0 Å². The Morgan fingerprint density at radius 3 is 2.56 bits per heavy atom. The number of nitrogens with one attached hydrogen (secondary N) is 2. The first-order valence-corrected chi connectivity index (χ1v) is 4.73. The fraction of sp³-hybridized carbons (Fsp3) is 0.200. The summed E-state index contributed by atoms with van der Waals surface area (Å²) < 4.78 is 0. The number of rotatable bonds is 5. The molecule has 0 heterocycles. The van der Waals surface area contributed by atoms with Gasteiger partial charge < -0.3 is 5.11 Å². The van der Waals surface area contributed by atoms with Gasteiger partial charge in [0.1, 0.15) is 6.17 Å². The Kier molecular flexibility index (Phi) is 4.43. The van der Waals surface area contributed by atoms with Gasteiger partial charge in [-0.3, -0.25) is 11.3 Å². The minimum Gasteiger partial charge on any atom is -0.476 e. The Hall–Kier alpha value is -1.92. The summed E-state index contributed by atoms with van der Waals surface area (Å²) >= 11 is 0. The van der Waals surface area contributed by atoms with Gasteiger partial charge in [-0.25, -0.2) is 10.2 Å². The van der Waals surface area contributed by atoms with E-state index in [9.17, 15) is 4.79 Å². The molecule has 0 saturated heterocycles. The van der Waals surface area contributed by atoms with Crippen molar-refractivity contribution in [1.29, 1.82) is 0 Å². The van der Waals surface area contributed by atoms with Gasteiger partial charge in [0.25, 0.3) is 0 Å². The number of nitrogens with two attached hydrogens (primary N) is 1. The van der Waals surface area contributed by atoms with Crippen molar-refractivity contribution in [2.75, 3.05) is 0 Å². The summed E-state index contributed by atoms with van der Waals surface area (Å²) in [5.74, 6) is 4.05. The van der Waals surface area contributed by atoms with Crippen LogP contribution in [0.3, 0.4) is 0 Å². The first-order valence-electron chi connectivity index (χ1n) is 4.73. The van der Waals surface area contributed by atoms with E-state index in [2.05, 4.69) is 16.0 Å². The van der Waals surface area contributed by atoms with Gasteiger partial charge in [-0.15, -0.1) is 0 Å². The average molecular weight is 222 g/mol. The van der Waals surface area contributed by atoms with Crippen LogP contribution in [0.25, 0.3) is 0 Å². The molecule has 1 aromatic rings. The standard InChI is InChI=1S/C10H14N4O2/c1-7(12-11)13-14-9(10(15)16)8-5-3-2-4-6-8/h2-7,12-13H,11H2,1H3,(H,15,16)/b14-9-. The van der Waals surface area contributed by atoms with Crippen molar-refractivity contribution in [1.82, 2.24) is 10.9 Å². The summed E-state index contributed by atoms with van der Waals surface area (Å²) in [6.07, 6.45) is -0.307. The number of hydrazine groups is 1. The predicted octanol–water partition coefficient (Wildman–Crippen LogP) is -0.126. The van der Waals surface area contributed by atoms with E-state index in [4.69, 9.17) is 10.9 Å². The number of hydrogen-bond acceptors (Lipinski definition) is 5. The van der Waals surface area contributed by atoms with Crippen LogP contribution >= 0.6 is 0 Å². The molecular formula is C10H14N4O2. The van der Waals surface area contributed by atoms with Gasteiger partial charge in [-0.2, -0.15) is 5.10 Å². The van der Waals surface area contributed by atoms with Crippen molar-refractivity contribution >= 4 is 11.7 Å². The van der Waals surface area contributed by atoms with Crippen LogP contribution in [0.1, 0.15) is 12.5 Å². The Balaban J connectivity index is 2.88. The lowest BCUT2D eigenvalue weighted by molar-refractivity contribution is -0.129. The number of carboxylic acids is 1. The second kappa shape index (κ2) is 5.84. The van der Waals surface area contributed by atoms with Crippen LogP contribution in [0.2, 0.25) is 0 Å². The molecule has 1 aromatic carbocycles. The molecule has 0 aliphatic carbocycles. The highest BCUT2D eigenvalue weighted by molar-refractivity contribution is 6.42. The Bertz CT molecular complexity index is 378. The minimum absolute atomic E-state index is 0.0531. The lowest BCUT2D eigenvalue weighted by Gasteiger charge is -2.09. The second-order valence-electron chi connectivity index (χ2n) is 3.15. The third-order valence-corrected chi connectivity index (χ3v) is 1.87. The number of hydrogen-bond donors (Lipinski definition) is 4. The van der Waals surface area contributed by atoms with Crippen LogP contribution in [-0.4, -0.2) is 23.0 Å². The normalized spacial score (nSPS) is 13.2. The summed E-state index contributed by atoms with van der Waals surface area (Å²) in [6.45, 7) is 1.72. The molecule has 0 aliphatic rings. The monoisotopic (exact) mass is 222 g/mol. The van der Waals surface area contributed by atoms with E-state index in [1.165, 1.54) is 0 Å². The smallest absolute Gasteiger partial charge is 0.356 e. The van der Waals surface area contributed by atoms with Crippen LogP contribution in [0, 0.1) is 0 Å². The average Bonchev–Trinajstić information content (AvgIpc) is 2.30. The molecule has 1 rings (SSSR count). The highest BCUT2D eigenvalue weighted by Crippen LogP contribution is 2.01. The van der Waals surface area contributed by atoms with E-state index in [-0.39, 0.29) is 11.9 Å². The summed E-state index contributed by atoms with van der Waals surface area (Å²) in [5.41, 5.74) is 5.46. The molecular weight excluding hydrogens is 208 g/mol. The highest BCUT2D eigenvalue weighted by Gasteiger charge is 2.12. The topological polar surface area (TPSA) is 99.7 Å². The van der Waals surface area contributed by atoms with Gasteiger partial charge in [-0.05, 0) is 6.92 Å². The first kappa shape index (κ1) is 12.2. The van der Waals surface area contributed by atoms with Gasteiger partial charge in [0.2, 0.25) is 0 Å². The van der Waals surface area contributed by atoms with Gasteiger partial charge >= 0.3 is 5.97 Å². The number of aliphatic carboxylic acids is 1. The molecule has 0 fully saturated rings. The molecule has 0 aliphatic heterocycles. The Morgan fingerprint density at radius 1 is 1.44 bits per heavy atom. The number of carboxylic acid groups (broad SMARTS) is 1. The van der Waals surface area contributed by atoms with Crippen LogP contribution < -0.4 is 16.7 Å². The molecule has 86 valence electrons. The van der Waals surface area contributed by atoms with E-state index in [1.54, 1.807) is 37.3 Å². The van der Waals surface area contributed by atoms with Crippen molar-refractivity contribution in [2.24, 2.45) is 10.9 Å². The molecule has 0 radical (unpaired) electrons. The molecule has 16 heavy (non-hydrogen) atoms. The molecule has 0 saturated carbocycles. The van der Waals surface area contributed by atoms with Crippen LogP contribution in [0.4, 0.5) is 0 Å². The number of hydrazone groups is 1. The quantitative estimate of drug-likeness (QED) is 0.241. The van der Waals surface area contributed by atoms with E-state index in [0.717, 1.165) is 0 Å². The van der Waals surface area contributed by atoms with Gasteiger partial charge in [0.05, 0.1) is 0 Å². The number of nitrogens with zero attached hydrogens (tertiary/aromatic N) is 1. The highest BCUT2D eigenvalue weighted by atomic mass is 16.4. The lowest BCUT2D eigenvalue weighted by atomic mass is 10.1. The molecule has 6 heteroatoms. The van der Waals surface area contributed by atoms with Gasteiger partial charge in [0.15, 0.2) is 5.71 Å². The molecule has 0 spiro atoms. The SMILES string of the molecule is CC(NN)N/N=C(\C(=O)O)c1ccccc1.